The first-order valence-electron chi connectivity index (χ1n) is 8.57. The lowest BCUT2D eigenvalue weighted by Gasteiger charge is -2.31. The number of hydrogen-bond acceptors (Lipinski definition) is 5. The van der Waals surface area contributed by atoms with Gasteiger partial charge in [-0.2, -0.15) is 0 Å². The smallest absolute Gasteiger partial charge is 0.257 e. The monoisotopic (exact) mass is 357 g/mol. The van der Waals surface area contributed by atoms with Gasteiger partial charge in [0.05, 0.1) is 28.7 Å². The molecule has 1 amide bonds. The highest BCUT2D eigenvalue weighted by Gasteiger charge is 2.30. The second kappa shape index (κ2) is 6.98. The minimum absolute atomic E-state index is 0.261. The second-order valence-electron chi connectivity index (χ2n) is 6.47. The number of benzene rings is 1. The van der Waals surface area contributed by atoms with Crippen molar-refractivity contribution < 1.29 is 4.79 Å². The Morgan fingerprint density at radius 2 is 1.80 bits per heavy atom. The molecule has 3 saturated heterocycles. The third-order valence-electron chi connectivity index (χ3n) is 4.93. The summed E-state index contributed by atoms with van der Waals surface area (Å²) < 4.78 is 0. The molecule has 3 fully saturated rings. The molecule has 0 unspecified atom stereocenters. The summed E-state index contributed by atoms with van der Waals surface area (Å²) in [7, 11) is 0. The Labute approximate surface area is 151 Å². The number of carbonyl (C=O) groups is 1. The maximum atomic E-state index is 12.3. The molecule has 4 heterocycles. The van der Waals surface area contributed by atoms with Crippen molar-refractivity contribution in [1.82, 2.24) is 14.9 Å². The van der Waals surface area contributed by atoms with Crippen LogP contribution in [0.2, 0.25) is 5.02 Å². The maximum absolute atomic E-state index is 12.3. The molecule has 6 nitrogen and oxygen atoms in total. The van der Waals surface area contributed by atoms with Crippen LogP contribution in [-0.4, -0.2) is 53.0 Å². The topological polar surface area (TPSA) is 61.4 Å². The van der Waals surface area contributed by atoms with Crippen LogP contribution in [0.15, 0.2) is 36.7 Å². The van der Waals surface area contributed by atoms with Gasteiger partial charge in [0.25, 0.3) is 5.91 Å². The van der Waals surface area contributed by atoms with Crippen molar-refractivity contribution in [2.45, 2.75) is 18.9 Å². The van der Waals surface area contributed by atoms with Crippen LogP contribution < -0.4 is 10.2 Å². The molecule has 25 heavy (non-hydrogen) atoms. The number of amides is 1. The van der Waals surface area contributed by atoms with Crippen molar-refractivity contribution in [3.8, 4) is 0 Å². The lowest BCUT2D eigenvalue weighted by atomic mass is 10.1. The summed E-state index contributed by atoms with van der Waals surface area (Å²) >= 11 is 6.06. The molecular weight excluding hydrogens is 338 g/mol. The van der Waals surface area contributed by atoms with Crippen molar-refractivity contribution in [3.63, 3.8) is 0 Å². The quantitative estimate of drug-likeness (QED) is 0.915. The molecule has 0 atom stereocenters. The van der Waals surface area contributed by atoms with Gasteiger partial charge in [0.2, 0.25) is 5.95 Å². The van der Waals surface area contributed by atoms with Gasteiger partial charge in [-0.25, -0.2) is 9.97 Å². The zero-order valence-electron chi connectivity index (χ0n) is 13.9. The number of halogens is 1. The van der Waals surface area contributed by atoms with E-state index in [2.05, 4.69) is 25.1 Å². The van der Waals surface area contributed by atoms with E-state index >= 15 is 0 Å². The van der Waals surface area contributed by atoms with Crippen LogP contribution in [0.25, 0.3) is 0 Å². The highest BCUT2D eigenvalue weighted by molar-refractivity contribution is 6.34. The van der Waals surface area contributed by atoms with Crippen molar-refractivity contribution in [3.05, 3.63) is 47.2 Å². The molecule has 1 N–H and O–H groups in total. The van der Waals surface area contributed by atoms with Crippen LogP contribution in [0.3, 0.4) is 0 Å². The van der Waals surface area contributed by atoms with Gasteiger partial charge in [0, 0.05) is 32.2 Å². The zero-order valence-corrected chi connectivity index (χ0v) is 14.6. The predicted octanol–water partition coefficient (Wildman–Crippen LogP) is 2.67. The first-order valence-corrected chi connectivity index (χ1v) is 8.95. The standard InChI is InChI=1S/C18H20ClN5O/c19-16-4-2-1-3-15(16)17(25)22-13-11-20-18(21-12-13)24-10-9-23-7-5-14(24)6-8-23/h1-4,11-12,14H,5-10H2,(H,22,25). The van der Waals surface area contributed by atoms with Crippen molar-refractivity contribution in [1.29, 1.82) is 0 Å². The summed E-state index contributed by atoms with van der Waals surface area (Å²) in [6.45, 7) is 4.33. The summed E-state index contributed by atoms with van der Waals surface area (Å²) in [6, 6.07) is 7.48. The van der Waals surface area contributed by atoms with Crippen molar-refractivity contribution in [2.75, 3.05) is 36.4 Å². The molecule has 0 saturated carbocycles. The first kappa shape index (κ1) is 16.3. The van der Waals surface area contributed by atoms with Crippen LogP contribution in [0.1, 0.15) is 23.2 Å². The van der Waals surface area contributed by atoms with E-state index in [0.717, 1.165) is 45.0 Å². The Morgan fingerprint density at radius 1 is 1.08 bits per heavy atom. The fourth-order valence-corrected chi connectivity index (χ4v) is 3.75. The molecule has 0 radical (unpaired) electrons. The number of piperidine rings is 1. The van der Waals surface area contributed by atoms with Crippen LogP contribution in [0, 0.1) is 0 Å². The van der Waals surface area contributed by atoms with E-state index in [4.69, 9.17) is 11.6 Å². The summed E-state index contributed by atoms with van der Waals surface area (Å²) in [6.07, 6.45) is 5.64. The number of hydrogen-bond donors (Lipinski definition) is 1. The van der Waals surface area contributed by atoms with Gasteiger partial charge >= 0.3 is 0 Å². The lowest BCUT2D eigenvalue weighted by Crippen LogP contribution is -2.38. The van der Waals surface area contributed by atoms with E-state index in [9.17, 15) is 4.79 Å². The fraction of sp³-hybridized carbons (Fsp3) is 0.389. The molecule has 2 bridgehead atoms. The van der Waals surface area contributed by atoms with Crippen LogP contribution in [-0.2, 0) is 0 Å². The minimum Gasteiger partial charge on any atom is -0.336 e. The van der Waals surface area contributed by atoms with Gasteiger partial charge in [-0.15, -0.1) is 0 Å². The first-order chi connectivity index (χ1) is 12.2. The zero-order chi connectivity index (χ0) is 17.2. The average molecular weight is 358 g/mol. The molecule has 1 aromatic carbocycles. The largest absolute Gasteiger partial charge is 0.336 e. The highest BCUT2D eigenvalue weighted by atomic mass is 35.5. The molecule has 0 aliphatic carbocycles. The number of aromatic nitrogens is 2. The lowest BCUT2D eigenvalue weighted by molar-refractivity contribution is 0.102. The number of carbonyl (C=O) groups excluding carboxylic acids is 1. The van der Waals surface area contributed by atoms with Gasteiger partial charge in [0.1, 0.15) is 0 Å². The summed E-state index contributed by atoms with van der Waals surface area (Å²) in [4.78, 5) is 26.1. The van der Waals surface area contributed by atoms with Crippen LogP contribution in [0.4, 0.5) is 11.6 Å². The molecule has 3 aliphatic heterocycles. The Hall–Kier alpha value is -2.18. The molecule has 130 valence electrons. The van der Waals surface area contributed by atoms with Crippen molar-refractivity contribution >= 4 is 29.1 Å². The van der Waals surface area contributed by atoms with E-state index in [1.165, 1.54) is 0 Å². The van der Waals surface area contributed by atoms with Crippen molar-refractivity contribution in [2.24, 2.45) is 0 Å². The van der Waals surface area contributed by atoms with Gasteiger partial charge in [-0.3, -0.25) is 4.79 Å². The Morgan fingerprint density at radius 3 is 2.52 bits per heavy atom. The Kier molecular flexibility index (Phi) is 4.55. The van der Waals surface area contributed by atoms with Crippen LogP contribution in [0.5, 0.6) is 0 Å². The second-order valence-corrected chi connectivity index (χ2v) is 6.88. The highest BCUT2D eigenvalue weighted by Crippen LogP contribution is 2.24. The van der Waals surface area contributed by atoms with E-state index in [1.54, 1.807) is 36.7 Å². The average Bonchev–Trinajstić information content (AvgIpc) is 2.97. The van der Waals surface area contributed by atoms with Gasteiger partial charge in [-0.1, -0.05) is 23.7 Å². The number of nitrogens with zero attached hydrogens (tertiary/aromatic N) is 4. The minimum atomic E-state index is -0.261. The molecule has 2 aromatic rings. The molecule has 5 rings (SSSR count). The number of fused-ring (bicyclic) bond motifs is 4. The molecule has 1 aromatic heterocycles. The molecular formula is C18H20ClN5O. The van der Waals surface area contributed by atoms with E-state index < -0.39 is 0 Å². The summed E-state index contributed by atoms with van der Waals surface area (Å²) in [5.74, 6) is 0.479. The normalized spacial score (nSPS) is 22.5. The maximum Gasteiger partial charge on any atom is 0.257 e. The number of anilines is 2. The predicted molar refractivity (Wildman–Crippen MR) is 98.2 cm³/mol. The van der Waals surface area contributed by atoms with E-state index in [1.807, 2.05) is 0 Å². The van der Waals surface area contributed by atoms with Gasteiger partial charge < -0.3 is 15.1 Å². The van der Waals surface area contributed by atoms with E-state index in [0.29, 0.717) is 22.3 Å². The van der Waals surface area contributed by atoms with E-state index in [-0.39, 0.29) is 5.91 Å². The SMILES string of the molecule is O=C(Nc1cnc(N2CCN3CCC2CC3)nc1)c1ccccc1Cl. The molecule has 3 aliphatic rings. The molecule has 7 heteroatoms. The summed E-state index contributed by atoms with van der Waals surface area (Å²) in [5, 5.41) is 3.22. The third-order valence-corrected chi connectivity index (χ3v) is 5.26. The van der Waals surface area contributed by atoms with Gasteiger partial charge in [0.15, 0.2) is 0 Å². The third kappa shape index (κ3) is 3.45. The Bertz CT molecular complexity index is 758. The molecule has 0 spiro atoms. The number of rotatable bonds is 3. The number of nitrogens with one attached hydrogen (secondary N) is 1. The van der Waals surface area contributed by atoms with Gasteiger partial charge in [-0.05, 0) is 25.0 Å². The fourth-order valence-electron chi connectivity index (χ4n) is 3.53. The summed E-state index contributed by atoms with van der Waals surface area (Å²) in [5.41, 5.74) is 1.00. The van der Waals surface area contributed by atoms with Crippen LogP contribution >= 0.6 is 11.6 Å². The Balaban J connectivity index is 1.47.